The van der Waals surface area contributed by atoms with E-state index in [0.29, 0.717) is 15.8 Å². The number of thiocarbonyl (C=S) groups is 1. The molecule has 1 amide bonds. The SMILES string of the molecule is O=C1NC(=S)S/C1=C1/CCOc2ccccc21. The molecule has 1 N–H and O–H groups in total. The van der Waals surface area contributed by atoms with Gasteiger partial charge in [-0.15, -0.1) is 0 Å². The minimum atomic E-state index is -0.0910. The summed E-state index contributed by atoms with van der Waals surface area (Å²) in [6.45, 7) is 0.608. The van der Waals surface area contributed by atoms with E-state index in [0.717, 1.165) is 23.3 Å². The third-order valence-corrected chi connectivity index (χ3v) is 3.99. The highest BCUT2D eigenvalue weighted by Gasteiger charge is 2.28. The fourth-order valence-corrected chi connectivity index (χ4v) is 3.14. The summed E-state index contributed by atoms with van der Waals surface area (Å²) in [4.78, 5) is 12.5. The normalized spacial score (nSPS) is 23.1. The van der Waals surface area contributed by atoms with Crippen LogP contribution in [0.15, 0.2) is 29.2 Å². The number of para-hydroxylation sites is 1. The number of ether oxygens (including phenoxy) is 1. The number of hydrogen-bond donors (Lipinski definition) is 1. The van der Waals surface area contributed by atoms with Gasteiger partial charge in [0, 0.05) is 12.0 Å². The molecule has 0 atom stereocenters. The van der Waals surface area contributed by atoms with E-state index >= 15 is 0 Å². The van der Waals surface area contributed by atoms with E-state index in [1.165, 1.54) is 11.8 Å². The number of carbonyl (C=O) groups is 1. The molecule has 1 aromatic carbocycles. The summed E-state index contributed by atoms with van der Waals surface area (Å²) in [7, 11) is 0. The van der Waals surface area contributed by atoms with Crippen LogP contribution in [0.5, 0.6) is 5.75 Å². The van der Waals surface area contributed by atoms with E-state index in [-0.39, 0.29) is 5.91 Å². The molecule has 2 aliphatic rings. The average molecular weight is 263 g/mol. The maximum atomic E-state index is 11.8. The predicted molar refractivity (Wildman–Crippen MR) is 71.8 cm³/mol. The lowest BCUT2D eigenvalue weighted by molar-refractivity contribution is -0.115. The minimum Gasteiger partial charge on any atom is -0.493 e. The summed E-state index contributed by atoms with van der Waals surface area (Å²) < 4.78 is 6.10. The van der Waals surface area contributed by atoms with Crippen LogP contribution in [-0.4, -0.2) is 16.8 Å². The summed E-state index contributed by atoms with van der Waals surface area (Å²) in [6, 6.07) is 7.78. The van der Waals surface area contributed by atoms with Crippen LogP contribution >= 0.6 is 24.0 Å². The summed E-state index contributed by atoms with van der Waals surface area (Å²) in [5.74, 6) is 0.749. The highest BCUT2D eigenvalue weighted by molar-refractivity contribution is 8.26. The van der Waals surface area contributed by atoms with Crippen LogP contribution in [0.1, 0.15) is 12.0 Å². The molecule has 3 nitrogen and oxygen atoms in total. The van der Waals surface area contributed by atoms with E-state index in [1.807, 2.05) is 24.3 Å². The lowest BCUT2D eigenvalue weighted by Crippen LogP contribution is -2.19. The van der Waals surface area contributed by atoms with E-state index in [4.69, 9.17) is 17.0 Å². The Hall–Kier alpha value is -1.33. The van der Waals surface area contributed by atoms with Crippen molar-refractivity contribution < 1.29 is 9.53 Å². The number of fused-ring (bicyclic) bond motifs is 1. The molecule has 2 aliphatic heterocycles. The maximum absolute atomic E-state index is 11.8. The van der Waals surface area contributed by atoms with Crippen LogP contribution in [0.4, 0.5) is 0 Å². The molecule has 0 bridgehead atoms. The predicted octanol–water partition coefficient (Wildman–Crippen LogP) is 2.33. The van der Waals surface area contributed by atoms with E-state index < -0.39 is 0 Å². The lowest BCUT2D eigenvalue weighted by Gasteiger charge is -2.20. The molecule has 5 heteroatoms. The zero-order valence-electron chi connectivity index (χ0n) is 8.86. The Morgan fingerprint density at radius 3 is 2.94 bits per heavy atom. The highest BCUT2D eigenvalue weighted by atomic mass is 32.2. The smallest absolute Gasteiger partial charge is 0.263 e. The number of nitrogens with one attached hydrogen (secondary N) is 1. The van der Waals surface area contributed by atoms with Gasteiger partial charge in [0.25, 0.3) is 5.91 Å². The van der Waals surface area contributed by atoms with Gasteiger partial charge < -0.3 is 10.1 Å². The van der Waals surface area contributed by atoms with Gasteiger partial charge in [0.05, 0.1) is 11.5 Å². The second-order valence-corrected chi connectivity index (χ2v) is 5.43. The Morgan fingerprint density at radius 1 is 1.35 bits per heavy atom. The summed E-state index contributed by atoms with van der Waals surface area (Å²) in [6.07, 6.45) is 0.745. The number of carbonyl (C=O) groups excluding carboxylic acids is 1. The molecule has 0 spiro atoms. The van der Waals surface area contributed by atoms with Gasteiger partial charge in [-0.3, -0.25) is 4.79 Å². The first-order valence-corrected chi connectivity index (χ1v) is 6.46. The maximum Gasteiger partial charge on any atom is 0.263 e. The van der Waals surface area contributed by atoms with Crippen molar-refractivity contribution in [2.45, 2.75) is 6.42 Å². The van der Waals surface area contributed by atoms with E-state index in [9.17, 15) is 4.79 Å². The van der Waals surface area contributed by atoms with Crippen LogP contribution < -0.4 is 10.1 Å². The molecule has 0 aromatic heterocycles. The first kappa shape index (κ1) is 10.8. The number of rotatable bonds is 0. The summed E-state index contributed by atoms with van der Waals surface area (Å²) in [5.41, 5.74) is 2.04. The molecular weight excluding hydrogens is 254 g/mol. The fourth-order valence-electron chi connectivity index (χ4n) is 1.99. The Labute approximate surface area is 108 Å². The molecule has 0 saturated carbocycles. The van der Waals surface area contributed by atoms with Crippen LogP contribution in [-0.2, 0) is 4.79 Å². The Balaban J connectivity index is 2.14. The van der Waals surface area contributed by atoms with E-state index in [2.05, 4.69) is 5.32 Å². The third-order valence-electron chi connectivity index (χ3n) is 2.71. The van der Waals surface area contributed by atoms with Crippen molar-refractivity contribution in [2.75, 3.05) is 6.61 Å². The first-order chi connectivity index (χ1) is 8.25. The second kappa shape index (κ2) is 4.16. The number of hydrogen-bond acceptors (Lipinski definition) is 4. The van der Waals surface area contributed by atoms with Gasteiger partial charge >= 0.3 is 0 Å². The molecule has 3 rings (SSSR count). The molecule has 0 aliphatic carbocycles. The van der Waals surface area contributed by atoms with Crippen LogP contribution in [0.3, 0.4) is 0 Å². The summed E-state index contributed by atoms with van der Waals surface area (Å²) in [5, 5.41) is 2.65. The lowest BCUT2D eigenvalue weighted by atomic mass is 9.99. The van der Waals surface area contributed by atoms with Crippen LogP contribution in [0, 0.1) is 0 Å². The standard InChI is InChI=1S/C12H9NO2S2/c14-11-10(17-12(16)13-11)8-5-6-15-9-4-2-1-3-7(8)9/h1-4H,5-6H2,(H,13,14,16)/b10-8-. The topological polar surface area (TPSA) is 38.3 Å². The molecule has 17 heavy (non-hydrogen) atoms. The second-order valence-electron chi connectivity index (χ2n) is 3.75. The molecule has 1 aromatic rings. The quantitative estimate of drug-likeness (QED) is 0.576. The Bertz CT molecular complexity index is 551. The fraction of sp³-hybridized carbons (Fsp3) is 0.167. The van der Waals surface area contributed by atoms with E-state index in [1.54, 1.807) is 0 Å². The molecule has 2 heterocycles. The average Bonchev–Trinajstić information content (AvgIpc) is 2.68. The van der Waals surface area contributed by atoms with Gasteiger partial charge in [-0.25, -0.2) is 0 Å². The van der Waals surface area contributed by atoms with Crippen molar-refractivity contribution in [1.82, 2.24) is 5.32 Å². The monoisotopic (exact) mass is 263 g/mol. The largest absolute Gasteiger partial charge is 0.493 e. The molecule has 1 saturated heterocycles. The number of benzene rings is 1. The Kier molecular flexibility index (Phi) is 2.64. The van der Waals surface area contributed by atoms with Crippen molar-refractivity contribution in [3.8, 4) is 5.75 Å². The molecule has 0 radical (unpaired) electrons. The van der Waals surface area contributed by atoms with Crippen molar-refractivity contribution in [3.05, 3.63) is 34.7 Å². The van der Waals surface area contributed by atoms with Crippen LogP contribution in [0.2, 0.25) is 0 Å². The van der Waals surface area contributed by atoms with Gasteiger partial charge in [0.2, 0.25) is 0 Å². The third kappa shape index (κ3) is 1.85. The number of amides is 1. The first-order valence-electron chi connectivity index (χ1n) is 5.24. The Morgan fingerprint density at radius 2 is 2.18 bits per heavy atom. The van der Waals surface area contributed by atoms with Gasteiger partial charge in [-0.2, -0.15) is 0 Å². The molecule has 0 unspecified atom stereocenters. The van der Waals surface area contributed by atoms with Crippen LogP contribution in [0.25, 0.3) is 5.57 Å². The summed E-state index contributed by atoms with van der Waals surface area (Å²) >= 11 is 6.35. The highest BCUT2D eigenvalue weighted by Crippen LogP contribution is 2.39. The zero-order valence-corrected chi connectivity index (χ0v) is 10.5. The van der Waals surface area contributed by atoms with Crippen molar-refractivity contribution >= 4 is 39.8 Å². The van der Waals surface area contributed by atoms with Crippen molar-refractivity contribution in [2.24, 2.45) is 0 Å². The molecule has 1 fully saturated rings. The zero-order chi connectivity index (χ0) is 11.8. The molecule has 86 valence electrons. The molecular formula is C12H9NO2S2. The van der Waals surface area contributed by atoms with Crippen molar-refractivity contribution in [3.63, 3.8) is 0 Å². The van der Waals surface area contributed by atoms with Gasteiger partial charge in [-0.1, -0.05) is 42.2 Å². The van der Waals surface area contributed by atoms with Gasteiger partial charge in [-0.05, 0) is 11.6 Å². The van der Waals surface area contributed by atoms with Gasteiger partial charge in [0.1, 0.15) is 10.1 Å². The number of thioether (sulfide) groups is 1. The minimum absolute atomic E-state index is 0.0910. The van der Waals surface area contributed by atoms with Gasteiger partial charge in [0.15, 0.2) is 0 Å². The van der Waals surface area contributed by atoms with Crippen molar-refractivity contribution in [1.29, 1.82) is 0 Å².